The largest absolute Gasteiger partial charge is 0.465 e. The standard InChI is InChI=1S/C22H24F3N5O2S/c1-11(2)17-19-27-14-8-13(20(31)32-4)16(33-5)9-15(14)29(19)6-7-30(17)21-26-10-12(3)18(28-21)22(23,24)25/h8-11,17H,6-7H2,1-5H3/t17-/m1/s1. The van der Waals surface area contributed by atoms with Gasteiger partial charge in [-0.1, -0.05) is 13.8 Å². The number of fused-ring (bicyclic) bond motifs is 3. The van der Waals surface area contributed by atoms with Crippen molar-refractivity contribution < 1.29 is 22.7 Å². The Kier molecular flexibility index (Phi) is 6.02. The molecule has 3 heterocycles. The molecule has 33 heavy (non-hydrogen) atoms. The number of nitrogens with zero attached hydrogens (tertiary/aromatic N) is 5. The monoisotopic (exact) mass is 479 g/mol. The van der Waals surface area contributed by atoms with Gasteiger partial charge >= 0.3 is 12.1 Å². The summed E-state index contributed by atoms with van der Waals surface area (Å²) in [7, 11) is 1.33. The Labute approximate surface area is 193 Å². The average Bonchev–Trinajstić information content (AvgIpc) is 3.13. The maximum Gasteiger partial charge on any atom is 0.433 e. The summed E-state index contributed by atoms with van der Waals surface area (Å²) in [4.78, 5) is 27.7. The number of aromatic nitrogens is 4. The van der Waals surface area contributed by atoms with Gasteiger partial charge in [-0.25, -0.2) is 19.7 Å². The molecule has 0 bridgehead atoms. The third kappa shape index (κ3) is 4.03. The van der Waals surface area contributed by atoms with E-state index in [1.807, 2.05) is 26.2 Å². The number of aryl methyl sites for hydroxylation is 1. The van der Waals surface area contributed by atoms with Crippen LogP contribution in [0.1, 0.15) is 47.3 Å². The van der Waals surface area contributed by atoms with Crippen molar-refractivity contribution in [2.75, 3.05) is 24.8 Å². The molecule has 0 unspecified atom stereocenters. The van der Waals surface area contributed by atoms with Crippen molar-refractivity contribution in [2.45, 2.75) is 44.4 Å². The second-order valence-electron chi connectivity index (χ2n) is 8.24. The molecule has 1 aliphatic rings. The number of anilines is 1. The topological polar surface area (TPSA) is 73.1 Å². The number of methoxy groups -OCH3 is 1. The van der Waals surface area contributed by atoms with Gasteiger partial charge in [0.1, 0.15) is 5.82 Å². The van der Waals surface area contributed by atoms with Gasteiger partial charge < -0.3 is 14.2 Å². The van der Waals surface area contributed by atoms with Crippen LogP contribution in [0.5, 0.6) is 0 Å². The summed E-state index contributed by atoms with van der Waals surface area (Å²) in [5, 5.41) is 0. The molecule has 176 valence electrons. The van der Waals surface area contributed by atoms with Crippen molar-refractivity contribution in [3.63, 3.8) is 0 Å². The molecule has 1 aliphatic heterocycles. The molecule has 0 amide bonds. The zero-order chi connectivity index (χ0) is 24.1. The first-order chi connectivity index (χ1) is 15.6. The summed E-state index contributed by atoms with van der Waals surface area (Å²) in [5.74, 6) is 0.310. The molecule has 4 rings (SSSR count). The van der Waals surface area contributed by atoms with Crippen LogP contribution in [-0.2, 0) is 17.5 Å². The molecule has 1 aromatic carbocycles. The normalized spacial score (nSPS) is 16.4. The van der Waals surface area contributed by atoms with Crippen LogP contribution in [0.4, 0.5) is 19.1 Å². The molecule has 0 aliphatic carbocycles. The Bertz CT molecular complexity index is 1220. The molecule has 0 saturated carbocycles. The first-order valence-electron chi connectivity index (χ1n) is 10.4. The number of carbonyl (C=O) groups excluding carboxylic acids is 1. The number of thioether (sulfide) groups is 1. The van der Waals surface area contributed by atoms with E-state index in [4.69, 9.17) is 9.72 Å². The van der Waals surface area contributed by atoms with Gasteiger partial charge in [-0.15, -0.1) is 11.8 Å². The van der Waals surface area contributed by atoms with Crippen molar-refractivity contribution in [3.05, 3.63) is 41.0 Å². The van der Waals surface area contributed by atoms with Gasteiger partial charge in [0.15, 0.2) is 5.69 Å². The van der Waals surface area contributed by atoms with Crippen molar-refractivity contribution in [2.24, 2.45) is 5.92 Å². The fourth-order valence-electron chi connectivity index (χ4n) is 4.30. The van der Waals surface area contributed by atoms with Crippen LogP contribution in [0.25, 0.3) is 11.0 Å². The van der Waals surface area contributed by atoms with Crippen LogP contribution in [0.3, 0.4) is 0 Å². The van der Waals surface area contributed by atoms with E-state index in [0.29, 0.717) is 30.0 Å². The van der Waals surface area contributed by atoms with E-state index in [9.17, 15) is 18.0 Å². The molecule has 0 spiro atoms. The number of imidazole rings is 1. The molecule has 2 aromatic heterocycles. The Morgan fingerprint density at radius 1 is 1.24 bits per heavy atom. The minimum atomic E-state index is -4.56. The minimum absolute atomic E-state index is 0.0141. The van der Waals surface area contributed by atoms with Crippen LogP contribution in [0.15, 0.2) is 23.2 Å². The summed E-state index contributed by atoms with van der Waals surface area (Å²) in [6, 6.07) is 3.29. The highest BCUT2D eigenvalue weighted by Gasteiger charge is 2.38. The molecule has 0 N–H and O–H groups in total. The second-order valence-corrected chi connectivity index (χ2v) is 9.08. The predicted octanol–water partition coefficient (Wildman–Crippen LogP) is 4.88. The summed E-state index contributed by atoms with van der Waals surface area (Å²) in [6.07, 6.45) is -1.46. The van der Waals surface area contributed by atoms with Crippen molar-refractivity contribution in [1.82, 2.24) is 19.5 Å². The van der Waals surface area contributed by atoms with E-state index in [-0.39, 0.29) is 23.5 Å². The van der Waals surface area contributed by atoms with Gasteiger partial charge in [0, 0.05) is 24.2 Å². The highest BCUT2D eigenvalue weighted by atomic mass is 32.2. The number of hydrogen-bond donors (Lipinski definition) is 0. The lowest BCUT2D eigenvalue weighted by molar-refractivity contribution is -0.141. The number of esters is 1. The fourth-order valence-corrected chi connectivity index (χ4v) is 4.89. The van der Waals surface area contributed by atoms with Gasteiger partial charge in [-0.3, -0.25) is 0 Å². The Hall–Kier alpha value is -2.82. The van der Waals surface area contributed by atoms with Crippen LogP contribution in [0, 0.1) is 12.8 Å². The van der Waals surface area contributed by atoms with Gasteiger partial charge in [0.25, 0.3) is 0 Å². The molecule has 7 nitrogen and oxygen atoms in total. The highest BCUT2D eigenvalue weighted by molar-refractivity contribution is 7.98. The molecule has 0 fully saturated rings. The van der Waals surface area contributed by atoms with Gasteiger partial charge in [-0.05, 0) is 36.8 Å². The zero-order valence-corrected chi connectivity index (χ0v) is 19.7. The lowest BCUT2D eigenvalue weighted by atomic mass is 10.00. The highest BCUT2D eigenvalue weighted by Crippen LogP contribution is 2.39. The number of halogens is 3. The second kappa shape index (κ2) is 8.51. The Balaban J connectivity index is 1.85. The molecule has 0 saturated heterocycles. The molecule has 0 radical (unpaired) electrons. The number of alkyl halides is 3. The van der Waals surface area contributed by atoms with Crippen LogP contribution in [-0.4, -0.2) is 45.4 Å². The van der Waals surface area contributed by atoms with Crippen LogP contribution < -0.4 is 4.90 Å². The van der Waals surface area contributed by atoms with E-state index in [1.54, 1.807) is 11.0 Å². The Morgan fingerprint density at radius 3 is 2.58 bits per heavy atom. The summed E-state index contributed by atoms with van der Waals surface area (Å²) in [5.41, 5.74) is 0.991. The first-order valence-corrected chi connectivity index (χ1v) is 11.6. The summed E-state index contributed by atoms with van der Waals surface area (Å²) in [6.45, 7) is 6.25. The lowest BCUT2D eigenvalue weighted by Gasteiger charge is -2.38. The third-order valence-electron chi connectivity index (χ3n) is 5.79. The molecule has 11 heteroatoms. The quantitative estimate of drug-likeness (QED) is 0.390. The van der Waals surface area contributed by atoms with E-state index < -0.39 is 17.8 Å². The lowest BCUT2D eigenvalue weighted by Crippen LogP contribution is -2.42. The first kappa shape index (κ1) is 23.3. The Morgan fingerprint density at radius 2 is 1.97 bits per heavy atom. The number of carbonyl (C=O) groups is 1. The SMILES string of the molecule is COC(=O)c1cc2nc3n(c2cc1SC)CCN(c1ncc(C)c(C(F)(F)F)n1)[C@@H]3C(C)C. The average molecular weight is 480 g/mol. The molecule has 3 aromatic rings. The zero-order valence-electron chi connectivity index (χ0n) is 18.9. The van der Waals surface area contributed by atoms with Crippen LogP contribution >= 0.6 is 11.8 Å². The smallest absolute Gasteiger partial charge is 0.433 e. The number of hydrogen-bond acceptors (Lipinski definition) is 7. The van der Waals surface area contributed by atoms with Crippen molar-refractivity contribution >= 4 is 34.7 Å². The van der Waals surface area contributed by atoms with E-state index >= 15 is 0 Å². The van der Waals surface area contributed by atoms with E-state index in [2.05, 4.69) is 14.5 Å². The molecular formula is C22H24F3N5O2S. The van der Waals surface area contributed by atoms with Gasteiger partial charge in [0.05, 0.1) is 29.7 Å². The number of rotatable bonds is 4. The van der Waals surface area contributed by atoms with Crippen molar-refractivity contribution in [1.29, 1.82) is 0 Å². The van der Waals surface area contributed by atoms with Gasteiger partial charge in [-0.2, -0.15) is 13.2 Å². The maximum atomic E-state index is 13.5. The van der Waals surface area contributed by atoms with Crippen molar-refractivity contribution in [3.8, 4) is 0 Å². The van der Waals surface area contributed by atoms with Gasteiger partial charge in [0.2, 0.25) is 5.95 Å². The third-order valence-corrected chi connectivity index (χ3v) is 6.56. The predicted molar refractivity (Wildman–Crippen MR) is 120 cm³/mol. The minimum Gasteiger partial charge on any atom is -0.465 e. The molecular weight excluding hydrogens is 455 g/mol. The van der Waals surface area contributed by atoms with Crippen LogP contribution in [0.2, 0.25) is 0 Å². The summed E-state index contributed by atoms with van der Waals surface area (Å²) >= 11 is 1.44. The number of ether oxygens (including phenoxy) is 1. The maximum absolute atomic E-state index is 13.5. The summed E-state index contributed by atoms with van der Waals surface area (Å²) < 4.78 is 47.4. The molecule has 1 atom stereocenters. The number of benzene rings is 1. The fraction of sp³-hybridized carbons (Fsp3) is 0.455. The van der Waals surface area contributed by atoms with E-state index in [1.165, 1.54) is 32.0 Å². The van der Waals surface area contributed by atoms with E-state index in [0.717, 1.165) is 10.4 Å².